The van der Waals surface area contributed by atoms with Crippen LogP contribution in [0.15, 0.2) is 6.33 Å². The van der Waals surface area contributed by atoms with Crippen molar-refractivity contribution in [3.05, 3.63) is 11.1 Å². The van der Waals surface area contributed by atoms with Crippen molar-refractivity contribution >= 4 is 29.5 Å². The molecule has 4 nitrogen and oxygen atoms in total. The van der Waals surface area contributed by atoms with Gasteiger partial charge in [-0.15, -0.1) is 0 Å². The van der Waals surface area contributed by atoms with Gasteiger partial charge >= 0.3 is 0 Å². The number of thiocarbonyl (C=S) groups is 1. The largest absolute Gasteiger partial charge is 0.353 e. The molecule has 0 spiro atoms. The number of rotatable bonds is 0. The molecule has 0 saturated carbocycles. The van der Waals surface area contributed by atoms with Crippen molar-refractivity contribution in [2.75, 3.05) is 14.1 Å². The fourth-order valence-electron chi connectivity index (χ4n) is 0.698. The zero-order chi connectivity index (χ0) is 9.30. The van der Waals surface area contributed by atoms with Gasteiger partial charge in [-0.1, -0.05) is 0 Å². The summed E-state index contributed by atoms with van der Waals surface area (Å²) in [6, 6.07) is 0. The third kappa shape index (κ3) is 1.54. The van der Waals surface area contributed by atoms with Gasteiger partial charge in [0, 0.05) is 21.1 Å². The van der Waals surface area contributed by atoms with Crippen LogP contribution in [0.2, 0.25) is 0 Å². The predicted molar refractivity (Wildman–Crippen MR) is 53.7 cm³/mol. The maximum Gasteiger partial charge on any atom is 0.204 e. The van der Waals surface area contributed by atoms with Crippen LogP contribution in [0.25, 0.3) is 0 Å². The molecule has 0 amide bonds. The Bertz CT molecular complexity index is 349. The van der Waals surface area contributed by atoms with Crippen LogP contribution in [0, 0.1) is 4.77 Å². The van der Waals surface area contributed by atoms with Crippen molar-refractivity contribution in [2.45, 2.75) is 0 Å². The van der Waals surface area contributed by atoms with Crippen molar-refractivity contribution in [1.29, 1.82) is 0 Å². The number of hydrogen-bond donors (Lipinski definition) is 0. The van der Waals surface area contributed by atoms with Crippen LogP contribution in [0.4, 0.5) is 0 Å². The molecule has 6 heteroatoms. The van der Waals surface area contributed by atoms with E-state index in [1.54, 1.807) is 20.5 Å². The second-order valence-electron chi connectivity index (χ2n) is 2.61. The van der Waals surface area contributed by atoms with Gasteiger partial charge in [0.2, 0.25) is 4.77 Å². The lowest BCUT2D eigenvalue weighted by Gasteiger charge is -2.11. The molecule has 0 saturated heterocycles. The quantitative estimate of drug-likeness (QED) is 0.577. The van der Waals surface area contributed by atoms with Crippen LogP contribution in [-0.2, 0) is 7.05 Å². The maximum absolute atomic E-state index is 5.09. The molecule has 1 rings (SSSR count). The van der Waals surface area contributed by atoms with E-state index in [-0.39, 0.29) is 0 Å². The van der Waals surface area contributed by atoms with Crippen molar-refractivity contribution in [1.82, 2.24) is 19.2 Å². The van der Waals surface area contributed by atoms with Crippen LogP contribution in [-0.4, -0.2) is 38.5 Å². The van der Waals surface area contributed by atoms with E-state index in [9.17, 15) is 0 Å². The van der Waals surface area contributed by atoms with Gasteiger partial charge in [0.1, 0.15) is 6.33 Å². The predicted octanol–water partition coefficient (Wildman–Crippen LogP) is 0.646. The lowest BCUT2D eigenvalue weighted by Crippen LogP contribution is -2.28. The fourth-order valence-corrected chi connectivity index (χ4v) is 1.07. The van der Waals surface area contributed by atoms with Gasteiger partial charge in [0.25, 0.3) is 0 Å². The first-order valence-electron chi connectivity index (χ1n) is 3.36. The molecule has 0 atom stereocenters. The minimum absolute atomic E-state index is 0.598. The van der Waals surface area contributed by atoms with Crippen LogP contribution in [0.3, 0.4) is 0 Å². The summed E-state index contributed by atoms with van der Waals surface area (Å²) in [7, 11) is 5.56. The highest BCUT2D eigenvalue weighted by Gasteiger charge is 2.05. The molecule has 1 aromatic heterocycles. The molecule has 0 N–H and O–H groups in total. The van der Waals surface area contributed by atoms with Gasteiger partial charge in [0.15, 0.2) is 5.11 Å². The number of hydrogen-bond acceptors (Lipinski definition) is 3. The van der Waals surface area contributed by atoms with Crippen LogP contribution in [0.5, 0.6) is 0 Å². The fraction of sp³-hybridized carbons (Fsp3) is 0.500. The summed E-state index contributed by atoms with van der Waals surface area (Å²) in [5.74, 6) is 0. The van der Waals surface area contributed by atoms with Crippen molar-refractivity contribution in [2.24, 2.45) is 7.05 Å². The van der Waals surface area contributed by atoms with E-state index in [4.69, 9.17) is 24.4 Å². The smallest absolute Gasteiger partial charge is 0.204 e. The molecule has 0 fully saturated rings. The van der Waals surface area contributed by atoms with Crippen LogP contribution in [0.1, 0.15) is 0 Å². The second kappa shape index (κ2) is 3.32. The Morgan fingerprint density at radius 3 is 2.50 bits per heavy atom. The highest BCUT2D eigenvalue weighted by molar-refractivity contribution is 7.80. The lowest BCUT2D eigenvalue weighted by atomic mass is 10.8. The Morgan fingerprint density at radius 1 is 1.58 bits per heavy atom. The first-order valence-corrected chi connectivity index (χ1v) is 4.18. The molecule has 1 aromatic rings. The van der Waals surface area contributed by atoms with E-state index in [0.717, 1.165) is 0 Å². The summed E-state index contributed by atoms with van der Waals surface area (Å²) in [5, 5.41) is 4.63. The Morgan fingerprint density at radius 2 is 2.17 bits per heavy atom. The van der Waals surface area contributed by atoms with Gasteiger partial charge in [0.05, 0.1) is 0 Å². The Labute approximate surface area is 81.4 Å². The first kappa shape index (κ1) is 9.34. The molecular weight excluding hydrogens is 192 g/mol. The monoisotopic (exact) mass is 202 g/mol. The third-order valence-electron chi connectivity index (χ3n) is 1.39. The minimum atomic E-state index is 0.598. The van der Waals surface area contributed by atoms with Gasteiger partial charge in [-0.05, 0) is 24.4 Å². The van der Waals surface area contributed by atoms with Gasteiger partial charge < -0.3 is 9.47 Å². The molecule has 66 valence electrons. The normalized spacial score (nSPS) is 9.92. The Balaban J connectivity index is 3.13. The van der Waals surface area contributed by atoms with Crippen LogP contribution < -0.4 is 0 Å². The van der Waals surface area contributed by atoms with Crippen molar-refractivity contribution in [3.8, 4) is 0 Å². The summed E-state index contributed by atoms with van der Waals surface area (Å²) in [5.41, 5.74) is 0. The SMILES string of the molecule is CN(C)C(=S)n1ncn(C)c1=S. The van der Waals surface area contributed by atoms with Gasteiger partial charge in [-0.2, -0.15) is 9.78 Å². The summed E-state index contributed by atoms with van der Waals surface area (Å²) in [6.45, 7) is 0. The summed E-state index contributed by atoms with van der Waals surface area (Å²) >= 11 is 10.2. The molecule has 12 heavy (non-hydrogen) atoms. The average molecular weight is 202 g/mol. The van der Waals surface area contributed by atoms with E-state index in [1.165, 1.54) is 0 Å². The van der Waals surface area contributed by atoms with Gasteiger partial charge in [-0.25, -0.2) is 0 Å². The van der Waals surface area contributed by atoms with E-state index < -0.39 is 0 Å². The third-order valence-corrected chi connectivity index (χ3v) is 2.39. The number of aryl methyl sites for hydroxylation is 1. The highest BCUT2D eigenvalue weighted by atomic mass is 32.1. The highest BCUT2D eigenvalue weighted by Crippen LogP contribution is 1.93. The zero-order valence-electron chi connectivity index (χ0n) is 7.18. The number of aromatic nitrogens is 3. The average Bonchev–Trinajstić information content (AvgIpc) is 2.32. The molecule has 0 unspecified atom stereocenters. The summed E-state index contributed by atoms with van der Waals surface area (Å²) < 4.78 is 3.89. The van der Waals surface area contributed by atoms with E-state index in [1.807, 2.05) is 21.1 Å². The second-order valence-corrected chi connectivity index (χ2v) is 3.34. The molecule has 1 heterocycles. The van der Waals surface area contributed by atoms with Gasteiger partial charge in [-0.3, -0.25) is 0 Å². The van der Waals surface area contributed by atoms with Crippen molar-refractivity contribution in [3.63, 3.8) is 0 Å². The zero-order valence-corrected chi connectivity index (χ0v) is 8.82. The summed E-state index contributed by atoms with van der Waals surface area (Å²) in [6.07, 6.45) is 1.64. The minimum Gasteiger partial charge on any atom is -0.353 e. The molecule has 0 radical (unpaired) electrons. The standard InChI is InChI=1S/C6H10N4S2/c1-8(2)5(11)10-6(12)9(3)4-7-10/h4H,1-3H3. The molecular formula is C6H10N4S2. The van der Waals surface area contributed by atoms with E-state index >= 15 is 0 Å². The lowest BCUT2D eigenvalue weighted by molar-refractivity contribution is 0.595. The van der Waals surface area contributed by atoms with Crippen molar-refractivity contribution < 1.29 is 0 Å². The topological polar surface area (TPSA) is 26.0 Å². The maximum atomic E-state index is 5.09. The number of nitrogens with zero attached hydrogens (tertiary/aromatic N) is 4. The van der Waals surface area contributed by atoms with Crippen LogP contribution >= 0.6 is 24.4 Å². The molecule has 0 aliphatic rings. The Hall–Kier alpha value is -0.750. The first-order chi connectivity index (χ1) is 5.54. The Kier molecular flexibility index (Phi) is 2.58. The molecule has 0 aliphatic heterocycles. The summed E-state index contributed by atoms with van der Waals surface area (Å²) in [4.78, 5) is 1.79. The molecule has 0 aliphatic carbocycles. The molecule has 0 aromatic carbocycles. The van der Waals surface area contributed by atoms with E-state index in [2.05, 4.69) is 5.10 Å². The van der Waals surface area contributed by atoms with E-state index in [0.29, 0.717) is 9.88 Å². The molecule has 0 bridgehead atoms.